The highest BCUT2D eigenvalue weighted by Gasteiger charge is 2.21. The van der Waals surface area contributed by atoms with E-state index in [1.54, 1.807) is 11.8 Å². The molecule has 0 spiro atoms. The van der Waals surface area contributed by atoms with Crippen LogP contribution in [-0.4, -0.2) is 36.0 Å². The van der Waals surface area contributed by atoms with Crippen LogP contribution in [0.4, 0.5) is 0 Å². The van der Waals surface area contributed by atoms with Crippen LogP contribution in [0.25, 0.3) is 0 Å². The molecule has 2 unspecified atom stereocenters. The lowest BCUT2D eigenvalue weighted by atomic mass is 10.1. The number of nitrogens with zero attached hydrogens (tertiary/aromatic N) is 1. The lowest BCUT2D eigenvalue weighted by Gasteiger charge is -2.19. The average molecular weight is 252 g/mol. The van der Waals surface area contributed by atoms with Crippen molar-refractivity contribution in [1.82, 2.24) is 10.3 Å². The summed E-state index contributed by atoms with van der Waals surface area (Å²) in [6.45, 7) is 4.14. The van der Waals surface area contributed by atoms with Crippen molar-refractivity contribution in [3.63, 3.8) is 0 Å². The van der Waals surface area contributed by atoms with E-state index in [1.807, 2.05) is 24.4 Å². The van der Waals surface area contributed by atoms with E-state index in [0.717, 1.165) is 23.9 Å². The first-order valence-electron chi connectivity index (χ1n) is 6.25. The van der Waals surface area contributed by atoms with E-state index in [1.165, 1.54) is 12.8 Å². The summed E-state index contributed by atoms with van der Waals surface area (Å²) in [5, 5.41) is 4.62. The van der Waals surface area contributed by atoms with Gasteiger partial charge in [0.25, 0.3) is 0 Å². The van der Waals surface area contributed by atoms with Crippen LogP contribution in [0.2, 0.25) is 0 Å². The fourth-order valence-corrected chi connectivity index (χ4v) is 2.74. The van der Waals surface area contributed by atoms with Gasteiger partial charge in [0.15, 0.2) is 0 Å². The number of pyridine rings is 1. The van der Waals surface area contributed by atoms with E-state index in [4.69, 9.17) is 4.74 Å². The van der Waals surface area contributed by atoms with E-state index in [-0.39, 0.29) is 0 Å². The van der Waals surface area contributed by atoms with Gasteiger partial charge in [-0.15, -0.1) is 11.8 Å². The molecule has 2 rings (SSSR count). The van der Waals surface area contributed by atoms with E-state index in [0.29, 0.717) is 12.1 Å². The minimum absolute atomic E-state index is 0.412. The summed E-state index contributed by atoms with van der Waals surface area (Å²) in [7, 11) is 0. The summed E-state index contributed by atoms with van der Waals surface area (Å²) in [6.07, 6.45) is 4.65. The highest BCUT2D eigenvalue weighted by molar-refractivity contribution is 7.99. The van der Waals surface area contributed by atoms with Gasteiger partial charge in [-0.1, -0.05) is 6.07 Å². The van der Waals surface area contributed by atoms with Crippen molar-refractivity contribution >= 4 is 11.8 Å². The third-order valence-corrected chi connectivity index (χ3v) is 3.92. The average Bonchev–Trinajstić information content (AvgIpc) is 2.89. The van der Waals surface area contributed by atoms with Crippen LogP contribution in [0.15, 0.2) is 29.4 Å². The Bertz CT molecular complexity index is 314. The molecule has 1 aliphatic rings. The zero-order valence-corrected chi connectivity index (χ0v) is 11.1. The zero-order valence-electron chi connectivity index (χ0n) is 10.3. The van der Waals surface area contributed by atoms with E-state index in [2.05, 4.69) is 17.2 Å². The van der Waals surface area contributed by atoms with Gasteiger partial charge in [-0.25, -0.2) is 4.98 Å². The highest BCUT2D eigenvalue weighted by atomic mass is 32.2. The maximum Gasteiger partial charge on any atom is 0.0960 e. The van der Waals surface area contributed by atoms with Crippen molar-refractivity contribution in [3.8, 4) is 0 Å². The predicted molar refractivity (Wildman–Crippen MR) is 71.4 cm³/mol. The molecule has 4 heteroatoms. The third-order valence-electron chi connectivity index (χ3n) is 2.98. The lowest BCUT2D eigenvalue weighted by Crippen LogP contribution is -2.38. The lowest BCUT2D eigenvalue weighted by molar-refractivity contribution is 0.0844. The van der Waals surface area contributed by atoms with E-state index >= 15 is 0 Å². The first kappa shape index (κ1) is 12.9. The van der Waals surface area contributed by atoms with Crippen LogP contribution >= 0.6 is 11.8 Å². The molecule has 0 saturated carbocycles. The maximum absolute atomic E-state index is 5.65. The molecule has 0 aliphatic carbocycles. The van der Waals surface area contributed by atoms with Crippen molar-refractivity contribution in [2.24, 2.45) is 0 Å². The highest BCUT2D eigenvalue weighted by Crippen LogP contribution is 2.16. The van der Waals surface area contributed by atoms with Gasteiger partial charge in [-0.3, -0.25) is 0 Å². The Kier molecular flexibility index (Phi) is 5.29. The first-order valence-corrected chi connectivity index (χ1v) is 7.23. The van der Waals surface area contributed by atoms with Gasteiger partial charge in [0.1, 0.15) is 0 Å². The Hall–Kier alpha value is -0.580. The second-order valence-electron chi connectivity index (χ2n) is 4.31. The zero-order chi connectivity index (χ0) is 11.9. The van der Waals surface area contributed by atoms with Crippen LogP contribution in [0.5, 0.6) is 0 Å². The Morgan fingerprint density at radius 2 is 2.53 bits per heavy atom. The number of nitrogens with one attached hydrogen (secondary N) is 1. The molecule has 1 saturated heterocycles. The molecular weight excluding hydrogens is 232 g/mol. The standard InChI is InChI=1S/C13H20N2OS/c1-11(12-5-4-9-16-12)14-8-10-17-13-6-2-3-7-15-13/h2-3,6-7,11-12,14H,4-5,8-10H2,1H3. The Balaban J connectivity index is 1.59. The number of rotatable bonds is 6. The van der Waals surface area contributed by atoms with E-state index < -0.39 is 0 Å². The molecule has 1 aromatic rings. The maximum atomic E-state index is 5.65. The van der Waals surface area contributed by atoms with Crippen molar-refractivity contribution in [1.29, 1.82) is 0 Å². The molecule has 0 aromatic carbocycles. The molecule has 0 radical (unpaired) electrons. The predicted octanol–water partition coefficient (Wildman–Crippen LogP) is 2.33. The van der Waals surface area contributed by atoms with Crippen molar-refractivity contribution < 1.29 is 4.74 Å². The third kappa shape index (κ3) is 4.30. The number of hydrogen-bond donors (Lipinski definition) is 1. The second-order valence-corrected chi connectivity index (χ2v) is 5.43. The molecule has 1 aliphatic heterocycles. The molecule has 2 atom stereocenters. The van der Waals surface area contributed by atoms with Gasteiger partial charge in [-0.05, 0) is 31.9 Å². The fourth-order valence-electron chi connectivity index (χ4n) is 2.00. The Labute approximate surface area is 107 Å². The Morgan fingerprint density at radius 3 is 3.24 bits per heavy atom. The minimum Gasteiger partial charge on any atom is -0.377 e. The largest absolute Gasteiger partial charge is 0.377 e. The molecule has 17 heavy (non-hydrogen) atoms. The van der Waals surface area contributed by atoms with Gasteiger partial charge in [0, 0.05) is 31.1 Å². The van der Waals surface area contributed by atoms with Crippen LogP contribution in [0.1, 0.15) is 19.8 Å². The number of aromatic nitrogens is 1. The molecule has 0 amide bonds. The summed E-state index contributed by atoms with van der Waals surface area (Å²) >= 11 is 1.79. The van der Waals surface area contributed by atoms with Crippen LogP contribution in [0, 0.1) is 0 Å². The monoisotopic (exact) mass is 252 g/mol. The summed E-state index contributed by atoms with van der Waals surface area (Å²) in [5.41, 5.74) is 0. The van der Waals surface area contributed by atoms with Gasteiger partial charge in [-0.2, -0.15) is 0 Å². The topological polar surface area (TPSA) is 34.2 Å². The molecule has 1 aromatic heterocycles. The van der Waals surface area contributed by atoms with Gasteiger partial charge < -0.3 is 10.1 Å². The summed E-state index contributed by atoms with van der Waals surface area (Å²) in [4.78, 5) is 4.28. The summed E-state index contributed by atoms with van der Waals surface area (Å²) in [5.74, 6) is 1.05. The van der Waals surface area contributed by atoms with E-state index in [9.17, 15) is 0 Å². The van der Waals surface area contributed by atoms with Crippen LogP contribution < -0.4 is 5.32 Å². The van der Waals surface area contributed by atoms with Crippen LogP contribution in [-0.2, 0) is 4.74 Å². The van der Waals surface area contributed by atoms with Crippen molar-refractivity contribution in [3.05, 3.63) is 24.4 Å². The number of ether oxygens (including phenoxy) is 1. The number of thioether (sulfide) groups is 1. The minimum atomic E-state index is 0.412. The van der Waals surface area contributed by atoms with Gasteiger partial charge in [0.05, 0.1) is 11.1 Å². The molecule has 3 nitrogen and oxygen atoms in total. The second kappa shape index (κ2) is 6.99. The quantitative estimate of drug-likeness (QED) is 0.622. The summed E-state index contributed by atoms with van der Waals surface area (Å²) in [6, 6.07) is 6.48. The van der Waals surface area contributed by atoms with Crippen molar-refractivity contribution in [2.75, 3.05) is 18.9 Å². The van der Waals surface area contributed by atoms with Gasteiger partial charge >= 0.3 is 0 Å². The van der Waals surface area contributed by atoms with Crippen molar-refractivity contribution in [2.45, 2.75) is 36.9 Å². The Morgan fingerprint density at radius 1 is 1.59 bits per heavy atom. The molecule has 2 heterocycles. The molecule has 1 N–H and O–H groups in total. The molecule has 94 valence electrons. The first-order chi connectivity index (χ1) is 8.36. The molecule has 1 fully saturated rings. The SMILES string of the molecule is CC(NCCSc1ccccn1)C1CCCO1. The fraction of sp³-hybridized carbons (Fsp3) is 0.615. The smallest absolute Gasteiger partial charge is 0.0960 e. The van der Waals surface area contributed by atoms with Crippen LogP contribution in [0.3, 0.4) is 0 Å². The summed E-state index contributed by atoms with van der Waals surface area (Å²) < 4.78 is 5.65. The molecular formula is C13H20N2OS. The molecule has 0 bridgehead atoms. The number of hydrogen-bond acceptors (Lipinski definition) is 4. The normalized spacial score (nSPS) is 21.6. The van der Waals surface area contributed by atoms with Gasteiger partial charge in [0.2, 0.25) is 0 Å².